The van der Waals surface area contributed by atoms with Crippen molar-refractivity contribution >= 4 is 27.1 Å². The van der Waals surface area contributed by atoms with Gasteiger partial charge >= 0.3 is 0 Å². The number of benzene rings is 1. The van der Waals surface area contributed by atoms with Crippen LogP contribution in [0.2, 0.25) is 0 Å². The molecule has 0 fully saturated rings. The van der Waals surface area contributed by atoms with E-state index >= 15 is 0 Å². The van der Waals surface area contributed by atoms with Crippen LogP contribution in [0.15, 0.2) is 24.3 Å². The molecule has 0 amide bonds. The third-order valence-corrected chi connectivity index (χ3v) is 3.66. The van der Waals surface area contributed by atoms with E-state index in [2.05, 4.69) is 5.32 Å². The second-order valence-corrected chi connectivity index (χ2v) is 7.03. The normalized spacial score (nSPS) is 13.4. The lowest BCUT2D eigenvalue weighted by Crippen LogP contribution is -2.10. The monoisotopic (exact) mass is 275 g/mol. The summed E-state index contributed by atoms with van der Waals surface area (Å²) in [6.45, 7) is 2.55. The maximum atomic E-state index is 11.0. The van der Waals surface area contributed by atoms with Gasteiger partial charge < -0.3 is 5.32 Å². The number of rotatable bonds is 6. The Morgan fingerprint density at radius 3 is 2.59 bits per heavy atom. The zero-order valence-corrected chi connectivity index (χ0v) is 11.7. The zero-order chi connectivity index (χ0) is 12.9. The van der Waals surface area contributed by atoms with Gasteiger partial charge in [-0.1, -0.05) is 18.2 Å². The molecule has 3 nitrogen and oxygen atoms in total. The molecule has 1 unspecified atom stereocenters. The van der Waals surface area contributed by atoms with E-state index < -0.39 is 9.84 Å². The number of hydrogen-bond donors (Lipinski definition) is 1. The summed E-state index contributed by atoms with van der Waals surface area (Å²) in [6, 6.07) is 7.79. The van der Waals surface area contributed by atoms with Crippen LogP contribution in [0.4, 0.5) is 5.69 Å². The molecule has 0 aromatic heterocycles. The average Bonchev–Trinajstić information content (AvgIpc) is 2.23. The Labute approximate surface area is 108 Å². The van der Waals surface area contributed by atoms with Crippen molar-refractivity contribution in [3.8, 4) is 0 Å². The van der Waals surface area contributed by atoms with Gasteiger partial charge in [0.25, 0.3) is 0 Å². The van der Waals surface area contributed by atoms with E-state index in [9.17, 15) is 8.42 Å². The van der Waals surface area contributed by atoms with Gasteiger partial charge in [-0.05, 0) is 25.0 Å². The Kier molecular flexibility index (Phi) is 5.28. The van der Waals surface area contributed by atoms with Crippen molar-refractivity contribution < 1.29 is 8.42 Å². The Bertz CT molecular complexity index is 457. The third kappa shape index (κ3) is 5.41. The lowest BCUT2D eigenvalue weighted by atomic mass is 10.1. The van der Waals surface area contributed by atoms with Crippen molar-refractivity contribution in [2.75, 3.05) is 23.9 Å². The highest BCUT2D eigenvalue weighted by atomic mass is 35.5. The van der Waals surface area contributed by atoms with Crippen molar-refractivity contribution in [3.63, 3.8) is 0 Å². The highest BCUT2D eigenvalue weighted by Crippen LogP contribution is 2.26. The van der Waals surface area contributed by atoms with Crippen LogP contribution in [-0.2, 0) is 9.84 Å². The highest BCUT2D eigenvalue weighted by molar-refractivity contribution is 7.90. The maximum Gasteiger partial charge on any atom is 0.147 e. The van der Waals surface area contributed by atoms with Crippen LogP contribution in [0.25, 0.3) is 0 Å². The fourth-order valence-electron chi connectivity index (χ4n) is 1.56. The van der Waals surface area contributed by atoms with Gasteiger partial charge in [-0.2, -0.15) is 0 Å². The first-order chi connectivity index (χ1) is 7.90. The van der Waals surface area contributed by atoms with E-state index in [1.54, 1.807) is 0 Å². The molecule has 1 N–H and O–H groups in total. The molecule has 0 saturated heterocycles. The number of sulfone groups is 1. The fourth-order valence-corrected chi connectivity index (χ4v) is 2.42. The minimum Gasteiger partial charge on any atom is -0.385 e. The molecule has 17 heavy (non-hydrogen) atoms. The van der Waals surface area contributed by atoms with Crippen molar-refractivity contribution in [2.24, 2.45) is 0 Å². The summed E-state index contributed by atoms with van der Waals surface area (Å²) in [5.74, 6) is 0.207. The first-order valence-corrected chi connectivity index (χ1v) is 8.04. The largest absolute Gasteiger partial charge is 0.385 e. The third-order valence-electron chi connectivity index (χ3n) is 2.40. The average molecular weight is 276 g/mol. The van der Waals surface area contributed by atoms with Crippen LogP contribution in [0.3, 0.4) is 0 Å². The molecule has 0 bridgehead atoms. The van der Waals surface area contributed by atoms with Gasteiger partial charge in [0, 0.05) is 18.5 Å². The Hall–Kier alpha value is -0.740. The number of anilines is 1. The molecule has 0 saturated carbocycles. The first-order valence-electron chi connectivity index (χ1n) is 5.55. The Morgan fingerprint density at radius 1 is 1.35 bits per heavy atom. The summed E-state index contributed by atoms with van der Waals surface area (Å²) < 4.78 is 21.9. The summed E-state index contributed by atoms with van der Waals surface area (Å²) in [5, 5.41) is 3.16. The van der Waals surface area contributed by atoms with Gasteiger partial charge in [0.15, 0.2) is 0 Å². The van der Waals surface area contributed by atoms with E-state index in [1.807, 2.05) is 31.2 Å². The first kappa shape index (κ1) is 14.3. The standard InChI is InChI=1S/C12H18ClNO2S/c1-10(13)11-6-3-4-7-12(11)14-8-5-9-17(2,15)16/h3-4,6-7,10,14H,5,8-9H2,1-2H3. The van der Waals surface area contributed by atoms with Crippen LogP contribution in [0.5, 0.6) is 0 Å². The smallest absolute Gasteiger partial charge is 0.147 e. The predicted octanol–water partition coefficient (Wildman–Crippen LogP) is 2.83. The summed E-state index contributed by atoms with van der Waals surface area (Å²) in [5.41, 5.74) is 2.01. The SMILES string of the molecule is CC(Cl)c1ccccc1NCCCS(C)(=O)=O. The zero-order valence-electron chi connectivity index (χ0n) is 10.1. The molecule has 0 spiro atoms. The van der Waals surface area contributed by atoms with E-state index in [0.717, 1.165) is 11.3 Å². The van der Waals surface area contributed by atoms with Gasteiger partial charge in [-0.3, -0.25) is 0 Å². The van der Waals surface area contributed by atoms with Crippen molar-refractivity contribution in [2.45, 2.75) is 18.7 Å². The molecule has 1 aromatic rings. The van der Waals surface area contributed by atoms with Gasteiger partial charge in [0.05, 0.1) is 11.1 Å². The lowest BCUT2D eigenvalue weighted by molar-refractivity contribution is 0.600. The van der Waals surface area contributed by atoms with Crippen LogP contribution < -0.4 is 5.32 Å². The van der Waals surface area contributed by atoms with Crippen molar-refractivity contribution in [3.05, 3.63) is 29.8 Å². The summed E-state index contributed by atoms with van der Waals surface area (Å²) in [7, 11) is -2.87. The molecule has 5 heteroatoms. The molecular formula is C12H18ClNO2S. The Balaban J connectivity index is 2.52. The predicted molar refractivity (Wildman–Crippen MR) is 73.5 cm³/mol. The molecule has 1 atom stereocenters. The number of hydrogen-bond acceptors (Lipinski definition) is 3. The van der Waals surface area contributed by atoms with Crippen LogP contribution in [0.1, 0.15) is 24.3 Å². The quantitative estimate of drug-likeness (QED) is 0.641. The fraction of sp³-hybridized carbons (Fsp3) is 0.500. The molecule has 96 valence electrons. The summed E-state index contributed by atoms with van der Waals surface area (Å²) >= 11 is 6.06. The molecule has 0 aliphatic carbocycles. The maximum absolute atomic E-state index is 11.0. The molecule has 0 radical (unpaired) electrons. The summed E-state index contributed by atoms with van der Waals surface area (Å²) in [4.78, 5) is 0. The van der Waals surface area contributed by atoms with E-state index in [4.69, 9.17) is 11.6 Å². The minimum atomic E-state index is -2.87. The van der Waals surface area contributed by atoms with Crippen LogP contribution >= 0.6 is 11.6 Å². The van der Waals surface area contributed by atoms with Gasteiger partial charge in [0.1, 0.15) is 9.84 Å². The van der Waals surface area contributed by atoms with Gasteiger partial charge in [0.2, 0.25) is 0 Å². The topological polar surface area (TPSA) is 46.2 Å². The van der Waals surface area contributed by atoms with Crippen LogP contribution in [-0.4, -0.2) is 27.0 Å². The molecule has 0 heterocycles. The number of nitrogens with one attached hydrogen (secondary N) is 1. The summed E-state index contributed by atoms with van der Waals surface area (Å²) in [6.07, 6.45) is 1.85. The van der Waals surface area contributed by atoms with E-state index in [0.29, 0.717) is 13.0 Å². The molecule has 0 aliphatic heterocycles. The van der Waals surface area contributed by atoms with Crippen molar-refractivity contribution in [1.29, 1.82) is 0 Å². The van der Waals surface area contributed by atoms with Gasteiger partial charge in [-0.15, -0.1) is 11.6 Å². The van der Waals surface area contributed by atoms with Gasteiger partial charge in [-0.25, -0.2) is 8.42 Å². The van der Waals surface area contributed by atoms with E-state index in [-0.39, 0.29) is 11.1 Å². The number of alkyl halides is 1. The molecule has 0 aliphatic rings. The second-order valence-electron chi connectivity index (χ2n) is 4.11. The van der Waals surface area contributed by atoms with Crippen molar-refractivity contribution in [1.82, 2.24) is 0 Å². The minimum absolute atomic E-state index is 0.0615. The Morgan fingerprint density at radius 2 is 2.00 bits per heavy atom. The molecular weight excluding hydrogens is 258 g/mol. The lowest BCUT2D eigenvalue weighted by Gasteiger charge is -2.13. The number of para-hydroxylation sites is 1. The second kappa shape index (κ2) is 6.26. The highest BCUT2D eigenvalue weighted by Gasteiger charge is 2.07. The molecule has 1 rings (SSSR count). The molecule has 1 aromatic carbocycles. The van der Waals surface area contributed by atoms with E-state index in [1.165, 1.54) is 6.26 Å². The number of halogens is 1. The van der Waals surface area contributed by atoms with Crippen LogP contribution in [0, 0.1) is 0 Å².